The Bertz CT molecular complexity index is 559. The molecule has 0 saturated heterocycles. The van der Waals surface area contributed by atoms with Crippen molar-refractivity contribution in [3.8, 4) is 0 Å². The molecule has 0 fully saturated rings. The molecule has 1 aromatic heterocycles. The van der Waals surface area contributed by atoms with Crippen LogP contribution in [0, 0.1) is 12.8 Å². The highest BCUT2D eigenvalue weighted by Crippen LogP contribution is 2.24. The van der Waals surface area contributed by atoms with E-state index in [9.17, 15) is 4.79 Å². The first kappa shape index (κ1) is 14.8. The molecule has 2 nitrogen and oxygen atoms in total. The van der Waals surface area contributed by atoms with E-state index >= 15 is 0 Å². The Morgan fingerprint density at radius 3 is 2.45 bits per heavy atom. The highest BCUT2D eigenvalue weighted by molar-refractivity contribution is 7.12. The van der Waals surface area contributed by atoms with Crippen molar-refractivity contribution in [1.29, 1.82) is 0 Å². The lowest BCUT2D eigenvalue weighted by molar-refractivity contribution is 0.0952. The Hall–Kier alpha value is -1.61. The number of hydrogen-bond acceptors (Lipinski definition) is 2. The van der Waals surface area contributed by atoms with Crippen molar-refractivity contribution in [3.63, 3.8) is 0 Å². The summed E-state index contributed by atoms with van der Waals surface area (Å²) in [6.07, 6.45) is 0. The second-order valence-electron chi connectivity index (χ2n) is 5.40. The van der Waals surface area contributed by atoms with Gasteiger partial charge < -0.3 is 5.32 Å². The predicted molar refractivity (Wildman–Crippen MR) is 85.4 cm³/mol. The van der Waals surface area contributed by atoms with Crippen LogP contribution < -0.4 is 5.32 Å². The van der Waals surface area contributed by atoms with Crippen LogP contribution in [0.15, 0.2) is 41.8 Å². The Kier molecular flexibility index (Phi) is 4.96. The lowest BCUT2D eigenvalue weighted by atomic mass is 9.88. The van der Waals surface area contributed by atoms with E-state index in [1.54, 1.807) is 0 Å². The molecule has 2 aromatic rings. The van der Waals surface area contributed by atoms with Gasteiger partial charge in [0.2, 0.25) is 0 Å². The van der Waals surface area contributed by atoms with Crippen LogP contribution in [0.1, 0.15) is 40.6 Å². The van der Waals surface area contributed by atoms with E-state index in [1.165, 1.54) is 16.9 Å². The Balaban J connectivity index is 2.04. The van der Waals surface area contributed by atoms with E-state index in [0.29, 0.717) is 18.4 Å². The van der Waals surface area contributed by atoms with Crippen LogP contribution in [-0.2, 0) is 0 Å². The van der Waals surface area contributed by atoms with Gasteiger partial charge in [-0.3, -0.25) is 4.79 Å². The molecule has 0 saturated carbocycles. The molecular weight excluding hydrogens is 266 g/mol. The number of aryl methyl sites for hydroxylation is 1. The zero-order valence-corrected chi connectivity index (χ0v) is 13.0. The van der Waals surface area contributed by atoms with Gasteiger partial charge in [-0.15, -0.1) is 11.3 Å². The molecule has 0 aliphatic rings. The molecule has 1 heterocycles. The summed E-state index contributed by atoms with van der Waals surface area (Å²) < 4.78 is 0. The summed E-state index contributed by atoms with van der Waals surface area (Å²) in [4.78, 5) is 13.0. The Morgan fingerprint density at radius 2 is 1.90 bits per heavy atom. The third-order valence-corrected chi connectivity index (χ3v) is 4.60. The third kappa shape index (κ3) is 3.48. The van der Waals surface area contributed by atoms with E-state index in [2.05, 4.69) is 43.4 Å². The number of hydrogen-bond donors (Lipinski definition) is 1. The summed E-state index contributed by atoms with van der Waals surface area (Å²) in [5, 5.41) is 5.04. The minimum atomic E-state index is 0.0408. The van der Waals surface area contributed by atoms with Gasteiger partial charge in [-0.05, 0) is 35.4 Å². The van der Waals surface area contributed by atoms with Gasteiger partial charge in [-0.2, -0.15) is 0 Å². The van der Waals surface area contributed by atoms with Gasteiger partial charge in [0.1, 0.15) is 0 Å². The summed E-state index contributed by atoms with van der Waals surface area (Å²) in [6, 6.07) is 12.4. The highest BCUT2D eigenvalue weighted by Gasteiger charge is 2.18. The Labute approximate surface area is 124 Å². The van der Waals surface area contributed by atoms with Crippen molar-refractivity contribution in [1.82, 2.24) is 5.32 Å². The molecule has 0 bridgehead atoms. The molecule has 106 valence electrons. The van der Waals surface area contributed by atoms with E-state index in [0.717, 1.165) is 10.4 Å². The van der Waals surface area contributed by atoms with Crippen LogP contribution in [0.5, 0.6) is 0 Å². The first-order valence-corrected chi connectivity index (χ1v) is 7.84. The van der Waals surface area contributed by atoms with Gasteiger partial charge in [0.15, 0.2) is 0 Å². The van der Waals surface area contributed by atoms with Crippen LogP contribution in [0.25, 0.3) is 0 Å². The number of thiophene rings is 1. The van der Waals surface area contributed by atoms with E-state index in [1.807, 2.05) is 24.4 Å². The molecule has 0 unspecified atom stereocenters. The van der Waals surface area contributed by atoms with Crippen LogP contribution in [0.4, 0.5) is 0 Å². The van der Waals surface area contributed by atoms with Crippen molar-refractivity contribution < 1.29 is 4.79 Å². The maximum absolute atomic E-state index is 12.2. The fourth-order valence-electron chi connectivity index (χ4n) is 2.33. The van der Waals surface area contributed by atoms with Gasteiger partial charge in [-0.25, -0.2) is 0 Å². The van der Waals surface area contributed by atoms with E-state index in [-0.39, 0.29) is 5.91 Å². The van der Waals surface area contributed by atoms with E-state index in [4.69, 9.17) is 0 Å². The fraction of sp³-hybridized carbons (Fsp3) is 0.353. The van der Waals surface area contributed by atoms with Crippen LogP contribution in [0.3, 0.4) is 0 Å². The average molecular weight is 287 g/mol. The summed E-state index contributed by atoms with van der Waals surface area (Å²) in [7, 11) is 0. The average Bonchev–Trinajstić information content (AvgIpc) is 2.86. The largest absolute Gasteiger partial charge is 0.351 e. The quantitative estimate of drug-likeness (QED) is 0.876. The molecule has 2 rings (SSSR count). The minimum absolute atomic E-state index is 0.0408. The molecule has 0 aliphatic heterocycles. The molecule has 20 heavy (non-hydrogen) atoms. The standard InChI is InChI=1S/C17H21NOS/c1-12(2)15(14-7-5-4-6-8-14)11-18-17(19)16-13(3)9-10-20-16/h4-10,12,15H,11H2,1-3H3,(H,18,19)/t15-/m1/s1. The molecular formula is C17H21NOS. The van der Waals surface area contributed by atoms with Gasteiger partial charge in [0.05, 0.1) is 4.88 Å². The zero-order valence-electron chi connectivity index (χ0n) is 12.2. The summed E-state index contributed by atoms with van der Waals surface area (Å²) in [5.41, 5.74) is 2.33. The summed E-state index contributed by atoms with van der Waals surface area (Å²) >= 11 is 1.50. The lowest BCUT2D eigenvalue weighted by Crippen LogP contribution is -2.30. The van der Waals surface area contributed by atoms with E-state index < -0.39 is 0 Å². The third-order valence-electron chi connectivity index (χ3n) is 3.58. The highest BCUT2D eigenvalue weighted by atomic mass is 32.1. The smallest absolute Gasteiger partial charge is 0.261 e. The number of rotatable bonds is 5. The number of benzene rings is 1. The van der Waals surface area contributed by atoms with Crippen molar-refractivity contribution >= 4 is 17.2 Å². The number of nitrogens with one attached hydrogen (secondary N) is 1. The maximum Gasteiger partial charge on any atom is 0.261 e. The van der Waals surface area contributed by atoms with Gasteiger partial charge in [-0.1, -0.05) is 44.2 Å². The molecule has 1 N–H and O–H groups in total. The van der Waals surface area contributed by atoms with Crippen molar-refractivity contribution in [2.45, 2.75) is 26.7 Å². The molecule has 1 amide bonds. The predicted octanol–water partition coefficient (Wildman–Crippen LogP) is 4.23. The van der Waals surface area contributed by atoms with Crippen molar-refractivity contribution in [2.75, 3.05) is 6.54 Å². The van der Waals surface area contributed by atoms with Crippen LogP contribution >= 0.6 is 11.3 Å². The van der Waals surface area contributed by atoms with Gasteiger partial charge in [0.25, 0.3) is 5.91 Å². The molecule has 0 spiro atoms. The first-order chi connectivity index (χ1) is 9.59. The summed E-state index contributed by atoms with van der Waals surface area (Å²) in [5.74, 6) is 0.877. The minimum Gasteiger partial charge on any atom is -0.351 e. The Morgan fingerprint density at radius 1 is 1.20 bits per heavy atom. The monoisotopic (exact) mass is 287 g/mol. The number of carbonyl (C=O) groups is 1. The van der Waals surface area contributed by atoms with Crippen molar-refractivity contribution in [3.05, 3.63) is 57.8 Å². The normalized spacial score (nSPS) is 12.4. The fourth-order valence-corrected chi connectivity index (χ4v) is 3.17. The maximum atomic E-state index is 12.2. The second-order valence-corrected chi connectivity index (χ2v) is 6.32. The molecule has 1 aromatic carbocycles. The molecule has 1 atom stereocenters. The topological polar surface area (TPSA) is 29.1 Å². The molecule has 0 aliphatic carbocycles. The van der Waals surface area contributed by atoms with Crippen molar-refractivity contribution in [2.24, 2.45) is 5.92 Å². The van der Waals surface area contributed by atoms with Gasteiger partial charge in [0, 0.05) is 12.5 Å². The molecule has 3 heteroatoms. The molecule has 0 radical (unpaired) electrons. The van der Waals surface area contributed by atoms with Crippen LogP contribution in [-0.4, -0.2) is 12.5 Å². The van der Waals surface area contributed by atoms with Crippen LogP contribution in [0.2, 0.25) is 0 Å². The summed E-state index contributed by atoms with van der Waals surface area (Å²) in [6.45, 7) is 7.04. The SMILES string of the molecule is Cc1ccsc1C(=O)NC[C@@H](c1ccccc1)C(C)C. The van der Waals surface area contributed by atoms with Gasteiger partial charge >= 0.3 is 0 Å². The lowest BCUT2D eigenvalue weighted by Gasteiger charge is -2.21. The number of amides is 1. The number of carbonyl (C=O) groups excluding carboxylic acids is 1. The zero-order chi connectivity index (χ0) is 14.5. The second kappa shape index (κ2) is 6.71. The first-order valence-electron chi connectivity index (χ1n) is 6.97.